The maximum Gasteiger partial charge on any atom is 0.255 e. The Balaban J connectivity index is 0.00000205. The van der Waals surface area contributed by atoms with Crippen molar-refractivity contribution >= 4 is 30.1 Å². The number of carbonyl (C=O) groups excluding carboxylic acids is 3. The van der Waals surface area contributed by atoms with Crippen LogP contribution in [0.1, 0.15) is 54.4 Å². The third-order valence-electron chi connectivity index (χ3n) is 6.82. The number of ether oxygens (including phenoxy) is 1. The van der Waals surface area contributed by atoms with Gasteiger partial charge in [0.1, 0.15) is 11.8 Å². The Kier molecular flexibility index (Phi) is 5.29. The molecule has 1 aromatic rings. The molecule has 3 aliphatic heterocycles. The number of hydrogen-bond donors (Lipinski definition) is 2. The van der Waals surface area contributed by atoms with E-state index in [1.807, 2.05) is 12.1 Å². The van der Waals surface area contributed by atoms with E-state index in [1.54, 1.807) is 11.0 Å². The monoisotopic (exact) mass is 419 g/mol. The van der Waals surface area contributed by atoms with Crippen LogP contribution in [0.5, 0.6) is 5.75 Å². The van der Waals surface area contributed by atoms with Gasteiger partial charge in [0.2, 0.25) is 11.8 Å². The van der Waals surface area contributed by atoms with Crippen LogP contribution in [0, 0.1) is 5.41 Å². The first kappa shape index (κ1) is 20.2. The molecule has 7 nitrogen and oxygen atoms in total. The molecule has 1 atom stereocenters. The number of carbonyl (C=O) groups is 3. The molecule has 1 saturated carbocycles. The van der Waals surface area contributed by atoms with Gasteiger partial charge < -0.3 is 15.0 Å². The lowest BCUT2D eigenvalue weighted by Crippen LogP contribution is -2.52. The zero-order chi connectivity index (χ0) is 19.3. The molecule has 5 rings (SSSR count). The van der Waals surface area contributed by atoms with Crippen LogP contribution in [0.4, 0.5) is 0 Å². The predicted molar refractivity (Wildman–Crippen MR) is 108 cm³/mol. The number of benzene rings is 1. The van der Waals surface area contributed by atoms with Gasteiger partial charge in [0.25, 0.3) is 5.91 Å². The van der Waals surface area contributed by atoms with Gasteiger partial charge in [0.15, 0.2) is 0 Å². The van der Waals surface area contributed by atoms with Gasteiger partial charge in [-0.3, -0.25) is 19.7 Å². The number of imide groups is 1. The van der Waals surface area contributed by atoms with Gasteiger partial charge in [-0.25, -0.2) is 0 Å². The Labute approximate surface area is 175 Å². The van der Waals surface area contributed by atoms with Crippen molar-refractivity contribution in [1.29, 1.82) is 0 Å². The molecule has 3 fully saturated rings. The van der Waals surface area contributed by atoms with Crippen LogP contribution < -0.4 is 15.4 Å². The zero-order valence-corrected chi connectivity index (χ0v) is 17.1. The van der Waals surface area contributed by atoms with Crippen molar-refractivity contribution in [2.45, 2.75) is 57.2 Å². The normalized spacial score (nSPS) is 25.9. The number of piperidine rings is 2. The molecule has 29 heavy (non-hydrogen) atoms. The Bertz CT molecular complexity index is 844. The first-order chi connectivity index (χ1) is 13.5. The molecule has 3 amide bonds. The highest BCUT2D eigenvalue weighted by atomic mass is 35.5. The number of fused-ring (bicyclic) bond motifs is 1. The van der Waals surface area contributed by atoms with Gasteiger partial charge in [-0.1, -0.05) is 6.07 Å². The lowest BCUT2D eigenvalue weighted by atomic mass is 9.62. The van der Waals surface area contributed by atoms with Crippen molar-refractivity contribution in [3.63, 3.8) is 0 Å². The quantitative estimate of drug-likeness (QED) is 0.729. The van der Waals surface area contributed by atoms with Crippen molar-refractivity contribution < 1.29 is 19.1 Å². The molecule has 156 valence electrons. The van der Waals surface area contributed by atoms with E-state index < -0.39 is 6.04 Å². The molecule has 3 heterocycles. The molecule has 0 bridgehead atoms. The molecule has 2 N–H and O–H groups in total. The topological polar surface area (TPSA) is 87.7 Å². The maximum absolute atomic E-state index is 12.9. The van der Waals surface area contributed by atoms with E-state index >= 15 is 0 Å². The minimum absolute atomic E-state index is 0. The summed E-state index contributed by atoms with van der Waals surface area (Å²) < 4.78 is 6.29. The lowest BCUT2D eigenvalue weighted by molar-refractivity contribution is -0.136. The summed E-state index contributed by atoms with van der Waals surface area (Å²) in [6, 6.07) is 4.98. The van der Waals surface area contributed by atoms with Gasteiger partial charge in [-0.15, -0.1) is 12.4 Å². The summed E-state index contributed by atoms with van der Waals surface area (Å²) in [7, 11) is 0. The van der Waals surface area contributed by atoms with Gasteiger partial charge in [-0.2, -0.15) is 0 Å². The highest BCUT2D eigenvalue weighted by Gasteiger charge is 2.46. The fraction of sp³-hybridized carbons (Fsp3) is 0.571. The smallest absolute Gasteiger partial charge is 0.255 e. The highest BCUT2D eigenvalue weighted by Crippen LogP contribution is 2.49. The average molecular weight is 420 g/mol. The number of rotatable bonds is 3. The Hall–Kier alpha value is -2.12. The average Bonchev–Trinajstić information content (AvgIpc) is 2.99. The Morgan fingerprint density at radius 2 is 1.86 bits per heavy atom. The van der Waals surface area contributed by atoms with Gasteiger partial charge >= 0.3 is 0 Å². The molecule has 1 spiro atoms. The van der Waals surface area contributed by atoms with Crippen molar-refractivity contribution in [2.24, 2.45) is 5.41 Å². The number of nitrogens with zero attached hydrogens (tertiary/aromatic N) is 1. The van der Waals surface area contributed by atoms with Gasteiger partial charge in [0.05, 0.1) is 12.6 Å². The fourth-order valence-electron chi connectivity index (χ4n) is 5.20. The third kappa shape index (κ3) is 3.51. The molecule has 0 radical (unpaired) electrons. The molecule has 0 aromatic heterocycles. The highest BCUT2D eigenvalue weighted by molar-refractivity contribution is 6.05. The van der Waals surface area contributed by atoms with Crippen LogP contribution >= 0.6 is 12.4 Å². The van der Waals surface area contributed by atoms with E-state index in [-0.39, 0.29) is 42.7 Å². The Morgan fingerprint density at radius 3 is 2.59 bits per heavy atom. The summed E-state index contributed by atoms with van der Waals surface area (Å²) >= 11 is 0. The summed E-state index contributed by atoms with van der Waals surface area (Å²) in [5.74, 6) is -0.0502. The molecule has 1 aliphatic carbocycles. The van der Waals surface area contributed by atoms with Crippen molar-refractivity contribution in [3.8, 4) is 5.75 Å². The third-order valence-corrected chi connectivity index (χ3v) is 6.82. The molecule has 1 aromatic carbocycles. The van der Waals surface area contributed by atoms with Crippen molar-refractivity contribution in [3.05, 3.63) is 29.3 Å². The lowest BCUT2D eigenvalue weighted by Gasteiger charge is -2.50. The van der Waals surface area contributed by atoms with E-state index in [0.717, 1.165) is 37.2 Å². The number of nitrogens with one attached hydrogen (secondary N) is 2. The minimum Gasteiger partial charge on any atom is -0.490 e. The van der Waals surface area contributed by atoms with Crippen LogP contribution in [0.15, 0.2) is 18.2 Å². The second-order valence-electron chi connectivity index (χ2n) is 8.58. The second-order valence-corrected chi connectivity index (χ2v) is 8.58. The number of amides is 3. The summed E-state index contributed by atoms with van der Waals surface area (Å²) in [6.07, 6.45) is 5.40. The van der Waals surface area contributed by atoms with Gasteiger partial charge in [-0.05, 0) is 62.7 Å². The standard InChI is InChI=1S/C21H25N3O4.ClH/c25-18-5-4-16(19(26)23-18)24-12-15-14(20(24)27)2-1-3-17(15)28-13-10-21(11-13)6-8-22-9-7-21;/h1-3,13,16,22H,4-12H2,(H,23,25,26);1H. The largest absolute Gasteiger partial charge is 0.490 e. The van der Waals surface area contributed by atoms with Crippen LogP contribution in [-0.2, 0) is 16.1 Å². The second kappa shape index (κ2) is 7.61. The maximum atomic E-state index is 12.9. The van der Waals surface area contributed by atoms with Crippen LogP contribution in [0.25, 0.3) is 0 Å². The predicted octanol–water partition coefficient (Wildman–Crippen LogP) is 1.78. The van der Waals surface area contributed by atoms with Crippen molar-refractivity contribution in [2.75, 3.05) is 13.1 Å². The SMILES string of the molecule is Cl.O=C1CCC(N2Cc3c(OC4CC5(CCNCC5)C4)cccc3C2=O)C(=O)N1. The van der Waals surface area contributed by atoms with E-state index in [9.17, 15) is 14.4 Å². The number of hydrogen-bond acceptors (Lipinski definition) is 5. The molecular formula is C21H26ClN3O4. The Morgan fingerprint density at radius 1 is 1.10 bits per heavy atom. The zero-order valence-electron chi connectivity index (χ0n) is 16.2. The van der Waals surface area contributed by atoms with E-state index in [1.165, 1.54) is 12.8 Å². The molecule has 4 aliphatic rings. The molecule has 8 heteroatoms. The summed E-state index contributed by atoms with van der Waals surface area (Å²) in [5, 5.41) is 5.76. The minimum atomic E-state index is -0.591. The number of halogens is 1. The molecular weight excluding hydrogens is 394 g/mol. The van der Waals surface area contributed by atoms with Crippen LogP contribution in [0.3, 0.4) is 0 Å². The van der Waals surface area contributed by atoms with E-state index in [2.05, 4.69) is 10.6 Å². The van der Waals surface area contributed by atoms with E-state index in [4.69, 9.17) is 4.74 Å². The summed E-state index contributed by atoms with van der Waals surface area (Å²) in [4.78, 5) is 38.1. The molecule has 1 unspecified atom stereocenters. The van der Waals surface area contributed by atoms with Crippen molar-refractivity contribution in [1.82, 2.24) is 15.5 Å². The summed E-state index contributed by atoms with van der Waals surface area (Å²) in [5.41, 5.74) is 1.91. The molecule has 2 saturated heterocycles. The summed E-state index contributed by atoms with van der Waals surface area (Å²) in [6.45, 7) is 2.53. The first-order valence-corrected chi connectivity index (χ1v) is 10.2. The van der Waals surface area contributed by atoms with Crippen LogP contribution in [-0.4, -0.2) is 47.9 Å². The first-order valence-electron chi connectivity index (χ1n) is 10.2. The van der Waals surface area contributed by atoms with Gasteiger partial charge in [0, 0.05) is 17.5 Å². The fourth-order valence-corrected chi connectivity index (χ4v) is 5.20. The van der Waals surface area contributed by atoms with E-state index in [0.29, 0.717) is 23.9 Å². The van der Waals surface area contributed by atoms with Crippen LogP contribution in [0.2, 0.25) is 0 Å².